The molecule has 1 unspecified atom stereocenters. The molecule has 144 valence electrons. The lowest BCUT2D eigenvalue weighted by Crippen LogP contribution is -2.27. The molecule has 0 aliphatic heterocycles. The van der Waals surface area contributed by atoms with E-state index in [0.29, 0.717) is 11.3 Å². The third-order valence-corrected chi connectivity index (χ3v) is 4.83. The number of amides is 1. The molecule has 0 aromatic heterocycles. The molecule has 3 N–H and O–H groups in total. The lowest BCUT2D eigenvalue weighted by molar-refractivity contribution is -0.129. The number of benzene rings is 3. The van der Waals surface area contributed by atoms with Crippen LogP contribution >= 0.6 is 0 Å². The zero-order chi connectivity index (χ0) is 20.1. The number of hydroxylamine groups is 1. The highest BCUT2D eigenvalue weighted by atomic mass is 32.2. The van der Waals surface area contributed by atoms with E-state index in [1.807, 2.05) is 60.7 Å². The lowest BCUT2D eigenvalue weighted by atomic mass is 9.89. The van der Waals surface area contributed by atoms with Gasteiger partial charge in [-0.2, -0.15) is 0 Å². The Kier molecular flexibility index (Phi) is 5.77. The van der Waals surface area contributed by atoms with Gasteiger partial charge in [-0.1, -0.05) is 66.7 Å². The van der Waals surface area contributed by atoms with Crippen molar-refractivity contribution in [3.8, 4) is 11.1 Å². The molecule has 0 aliphatic rings. The van der Waals surface area contributed by atoms with Gasteiger partial charge in [0.05, 0.1) is 12.2 Å². The van der Waals surface area contributed by atoms with Crippen LogP contribution in [0.25, 0.3) is 11.1 Å². The van der Waals surface area contributed by atoms with Crippen molar-refractivity contribution >= 4 is 21.6 Å². The quantitative estimate of drug-likeness (QED) is 0.440. The number of hydrogen-bond acceptors (Lipinski definition) is 4. The van der Waals surface area contributed by atoms with Gasteiger partial charge < -0.3 is 0 Å². The maximum absolute atomic E-state index is 12.3. The molecule has 0 spiro atoms. The number of hydrogen-bond donors (Lipinski definition) is 3. The summed E-state index contributed by atoms with van der Waals surface area (Å²) in [6.45, 7) is 0. The van der Waals surface area contributed by atoms with E-state index in [2.05, 4.69) is 4.72 Å². The van der Waals surface area contributed by atoms with Crippen LogP contribution in [0, 0.1) is 0 Å². The van der Waals surface area contributed by atoms with Crippen molar-refractivity contribution in [3.63, 3.8) is 0 Å². The average Bonchev–Trinajstić information content (AvgIpc) is 2.68. The molecule has 1 atom stereocenters. The van der Waals surface area contributed by atoms with E-state index >= 15 is 0 Å². The summed E-state index contributed by atoms with van der Waals surface area (Å²) in [6.07, 6.45) is 1.10. The number of nitrogens with one attached hydrogen (secondary N) is 2. The molecule has 0 radical (unpaired) electrons. The Bertz CT molecular complexity index is 1080. The fraction of sp³-hybridized carbons (Fsp3) is 0.0952. The summed E-state index contributed by atoms with van der Waals surface area (Å²) in [7, 11) is -3.38. The molecule has 0 aliphatic carbocycles. The van der Waals surface area contributed by atoms with Crippen molar-refractivity contribution in [2.24, 2.45) is 0 Å². The number of carbonyl (C=O) groups is 1. The minimum Gasteiger partial charge on any atom is -0.289 e. The number of anilines is 1. The van der Waals surface area contributed by atoms with Gasteiger partial charge in [-0.05, 0) is 34.4 Å². The van der Waals surface area contributed by atoms with Crippen molar-refractivity contribution < 1.29 is 18.4 Å². The Morgan fingerprint density at radius 3 is 2.11 bits per heavy atom. The maximum Gasteiger partial charge on any atom is 0.255 e. The smallest absolute Gasteiger partial charge is 0.255 e. The first kappa shape index (κ1) is 19.6. The normalized spacial score (nSPS) is 12.2. The summed E-state index contributed by atoms with van der Waals surface area (Å²) in [5.74, 6) is -1.21. The number of sulfonamides is 1. The Balaban J connectivity index is 2.02. The van der Waals surface area contributed by atoms with Crippen LogP contribution < -0.4 is 10.2 Å². The van der Waals surface area contributed by atoms with Crippen molar-refractivity contribution in [2.45, 2.75) is 5.92 Å². The monoisotopic (exact) mass is 396 g/mol. The fourth-order valence-corrected chi connectivity index (χ4v) is 3.63. The third-order valence-electron chi connectivity index (χ3n) is 4.22. The van der Waals surface area contributed by atoms with Crippen LogP contribution in [-0.2, 0) is 14.8 Å². The fourth-order valence-electron chi connectivity index (χ4n) is 3.08. The molecule has 7 heteroatoms. The Morgan fingerprint density at radius 1 is 0.857 bits per heavy atom. The molecular formula is C21H20N2O4S. The van der Waals surface area contributed by atoms with Crippen LogP contribution in [0.3, 0.4) is 0 Å². The third kappa shape index (κ3) is 4.76. The molecule has 1 amide bonds. The molecule has 0 heterocycles. The zero-order valence-electron chi connectivity index (χ0n) is 15.2. The predicted octanol–water partition coefficient (Wildman–Crippen LogP) is 3.36. The van der Waals surface area contributed by atoms with Crippen LogP contribution in [0.4, 0.5) is 5.69 Å². The van der Waals surface area contributed by atoms with Gasteiger partial charge in [0.2, 0.25) is 10.0 Å². The van der Waals surface area contributed by atoms with E-state index in [1.165, 1.54) is 0 Å². The first-order chi connectivity index (χ1) is 13.4. The Labute approximate surface area is 163 Å². The molecule has 0 saturated carbocycles. The summed E-state index contributed by atoms with van der Waals surface area (Å²) in [5.41, 5.74) is 5.27. The molecule has 0 saturated heterocycles. The predicted molar refractivity (Wildman–Crippen MR) is 109 cm³/mol. The molecule has 3 aromatic carbocycles. The molecule has 6 nitrogen and oxygen atoms in total. The summed E-state index contributed by atoms with van der Waals surface area (Å²) < 4.78 is 25.4. The second-order valence-corrected chi connectivity index (χ2v) is 8.15. The van der Waals surface area contributed by atoms with E-state index in [1.54, 1.807) is 23.7 Å². The van der Waals surface area contributed by atoms with Crippen LogP contribution in [0.2, 0.25) is 0 Å². The van der Waals surface area contributed by atoms with Gasteiger partial charge in [-0.3, -0.25) is 14.7 Å². The standard InChI is InChI=1S/C21H20N2O4S/c1-28(26,27)23-19-12-6-10-17(14-19)16-9-5-11-18(13-16)20(21(24)22-25)15-7-3-2-4-8-15/h2-14,20,23,25H,1H3,(H,22,24). The van der Waals surface area contributed by atoms with Crippen molar-refractivity contribution in [1.29, 1.82) is 0 Å². The highest BCUT2D eigenvalue weighted by molar-refractivity contribution is 7.92. The molecule has 28 heavy (non-hydrogen) atoms. The van der Waals surface area contributed by atoms with Crippen LogP contribution in [-0.4, -0.2) is 25.8 Å². The summed E-state index contributed by atoms with van der Waals surface area (Å²) in [5, 5.41) is 9.19. The van der Waals surface area contributed by atoms with Gasteiger partial charge in [-0.15, -0.1) is 0 Å². The van der Waals surface area contributed by atoms with Crippen molar-refractivity contribution in [3.05, 3.63) is 90.0 Å². The average molecular weight is 396 g/mol. The minimum absolute atomic E-state index is 0.457. The van der Waals surface area contributed by atoms with E-state index in [-0.39, 0.29) is 0 Å². The summed E-state index contributed by atoms with van der Waals surface area (Å²) in [4.78, 5) is 12.3. The zero-order valence-corrected chi connectivity index (χ0v) is 16.0. The molecule has 0 bridgehead atoms. The van der Waals surface area contributed by atoms with Crippen molar-refractivity contribution in [2.75, 3.05) is 11.0 Å². The van der Waals surface area contributed by atoms with Gasteiger partial charge in [-0.25, -0.2) is 13.9 Å². The first-order valence-corrected chi connectivity index (χ1v) is 10.4. The minimum atomic E-state index is -3.38. The summed E-state index contributed by atoms with van der Waals surface area (Å²) in [6, 6.07) is 23.5. The Morgan fingerprint density at radius 2 is 1.46 bits per heavy atom. The largest absolute Gasteiger partial charge is 0.289 e. The molecule has 3 aromatic rings. The van der Waals surface area contributed by atoms with Crippen LogP contribution in [0.1, 0.15) is 17.0 Å². The summed E-state index contributed by atoms with van der Waals surface area (Å²) >= 11 is 0. The van der Waals surface area contributed by atoms with Gasteiger partial charge in [0.15, 0.2) is 0 Å². The van der Waals surface area contributed by atoms with Gasteiger partial charge >= 0.3 is 0 Å². The van der Waals surface area contributed by atoms with Gasteiger partial charge in [0.1, 0.15) is 0 Å². The van der Waals surface area contributed by atoms with Gasteiger partial charge in [0, 0.05) is 5.69 Å². The maximum atomic E-state index is 12.3. The van der Waals surface area contributed by atoms with E-state index in [9.17, 15) is 18.4 Å². The number of carbonyl (C=O) groups excluding carboxylic acids is 1. The van der Waals surface area contributed by atoms with Crippen LogP contribution in [0.5, 0.6) is 0 Å². The number of rotatable bonds is 6. The Hall–Kier alpha value is -3.16. The van der Waals surface area contributed by atoms with Gasteiger partial charge in [0.25, 0.3) is 5.91 Å². The topological polar surface area (TPSA) is 95.5 Å². The highest BCUT2D eigenvalue weighted by Crippen LogP contribution is 2.30. The second kappa shape index (κ2) is 8.24. The van der Waals surface area contributed by atoms with Crippen molar-refractivity contribution in [1.82, 2.24) is 5.48 Å². The lowest BCUT2D eigenvalue weighted by Gasteiger charge is -2.17. The van der Waals surface area contributed by atoms with E-state index < -0.39 is 21.8 Å². The van der Waals surface area contributed by atoms with Crippen LogP contribution in [0.15, 0.2) is 78.9 Å². The van der Waals surface area contributed by atoms with E-state index in [0.717, 1.165) is 22.9 Å². The molecule has 0 fully saturated rings. The SMILES string of the molecule is CS(=O)(=O)Nc1cccc(-c2cccc(C(C(=O)NO)c3ccccc3)c2)c1. The highest BCUT2D eigenvalue weighted by Gasteiger charge is 2.22. The second-order valence-electron chi connectivity index (χ2n) is 6.40. The first-order valence-electron chi connectivity index (χ1n) is 8.54. The molecular weight excluding hydrogens is 376 g/mol. The molecule has 3 rings (SSSR count). The van der Waals surface area contributed by atoms with E-state index in [4.69, 9.17) is 0 Å².